The van der Waals surface area contributed by atoms with Crippen molar-refractivity contribution in [2.75, 3.05) is 30.3 Å². The third kappa shape index (κ3) is 3.32. The fraction of sp³-hybridized carbons (Fsp3) is 0.500. The summed E-state index contributed by atoms with van der Waals surface area (Å²) in [6, 6.07) is 5.53. The predicted octanol–water partition coefficient (Wildman–Crippen LogP) is 2.70. The summed E-state index contributed by atoms with van der Waals surface area (Å²) in [6.07, 6.45) is 1.61. The van der Waals surface area contributed by atoms with Crippen LogP contribution in [0.1, 0.15) is 19.8 Å². The van der Waals surface area contributed by atoms with Crippen LogP contribution in [0.3, 0.4) is 0 Å². The number of nitrogen functional groups attached to an aromatic ring is 1. The van der Waals surface area contributed by atoms with Crippen molar-refractivity contribution in [1.29, 1.82) is 0 Å². The average Bonchev–Trinajstić information content (AvgIpc) is 2.39. The van der Waals surface area contributed by atoms with Crippen molar-refractivity contribution < 1.29 is 9.53 Å². The molecule has 0 amide bonds. The molecule has 1 fully saturated rings. The molecule has 1 aliphatic rings. The van der Waals surface area contributed by atoms with E-state index in [1.165, 1.54) is 0 Å². The Morgan fingerprint density at radius 2 is 2.16 bits per heavy atom. The van der Waals surface area contributed by atoms with E-state index in [-0.39, 0.29) is 11.9 Å². The lowest BCUT2D eigenvalue weighted by Crippen LogP contribution is -2.37. The van der Waals surface area contributed by atoms with Crippen LogP contribution in [0.4, 0.5) is 11.4 Å². The lowest BCUT2D eigenvalue weighted by molar-refractivity contribution is -0.148. The highest BCUT2D eigenvalue weighted by molar-refractivity contribution is 6.31. The summed E-state index contributed by atoms with van der Waals surface area (Å²) in [7, 11) is 0. The molecule has 0 atom stereocenters. The van der Waals surface area contributed by atoms with Gasteiger partial charge in [-0.05, 0) is 38.0 Å². The summed E-state index contributed by atoms with van der Waals surface area (Å²) in [6.45, 7) is 3.91. The van der Waals surface area contributed by atoms with Crippen molar-refractivity contribution in [3.63, 3.8) is 0 Å². The standard InChI is InChI=1S/C14H19ClN2O2/c1-2-19-14(18)10-5-7-17(8-6-10)13-4-3-11(15)9-12(13)16/h3-4,9-10H,2,5-8,16H2,1H3. The molecule has 4 nitrogen and oxygen atoms in total. The number of nitrogens with zero attached hydrogens (tertiary/aromatic N) is 1. The number of nitrogens with two attached hydrogens (primary N) is 1. The Labute approximate surface area is 118 Å². The molecule has 1 heterocycles. The van der Waals surface area contributed by atoms with Gasteiger partial charge in [-0.15, -0.1) is 0 Å². The molecular formula is C14H19ClN2O2. The molecule has 5 heteroatoms. The number of halogens is 1. The van der Waals surface area contributed by atoms with Crippen molar-refractivity contribution in [1.82, 2.24) is 0 Å². The second kappa shape index (κ2) is 6.15. The molecule has 0 bridgehead atoms. The van der Waals surface area contributed by atoms with E-state index in [4.69, 9.17) is 22.1 Å². The summed E-state index contributed by atoms with van der Waals surface area (Å²) < 4.78 is 5.06. The Hall–Kier alpha value is -1.42. The molecule has 1 saturated heterocycles. The fourth-order valence-electron chi connectivity index (χ4n) is 2.43. The number of carbonyl (C=O) groups excluding carboxylic acids is 1. The minimum atomic E-state index is -0.0776. The van der Waals surface area contributed by atoms with E-state index >= 15 is 0 Å². The van der Waals surface area contributed by atoms with Gasteiger partial charge in [0.15, 0.2) is 0 Å². The molecule has 2 N–H and O–H groups in total. The third-order valence-corrected chi connectivity index (χ3v) is 3.68. The van der Waals surface area contributed by atoms with Gasteiger partial charge in [-0.25, -0.2) is 0 Å². The normalized spacial score (nSPS) is 16.4. The van der Waals surface area contributed by atoms with Crippen LogP contribution < -0.4 is 10.6 Å². The van der Waals surface area contributed by atoms with Gasteiger partial charge in [0.2, 0.25) is 0 Å². The summed E-state index contributed by atoms with van der Waals surface area (Å²) in [5.74, 6) is -0.0593. The molecule has 0 aliphatic carbocycles. The van der Waals surface area contributed by atoms with E-state index in [0.29, 0.717) is 17.3 Å². The lowest BCUT2D eigenvalue weighted by Gasteiger charge is -2.33. The summed E-state index contributed by atoms with van der Waals surface area (Å²) in [5, 5.41) is 0.641. The van der Waals surface area contributed by atoms with E-state index in [0.717, 1.165) is 31.6 Å². The van der Waals surface area contributed by atoms with Crippen LogP contribution in [-0.2, 0) is 9.53 Å². The van der Waals surface area contributed by atoms with Crippen molar-refractivity contribution in [2.24, 2.45) is 5.92 Å². The van der Waals surface area contributed by atoms with Gasteiger partial charge in [0.25, 0.3) is 0 Å². The van der Waals surface area contributed by atoms with E-state index in [9.17, 15) is 4.79 Å². The number of carbonyl (C=O) groups is 1. The maximum atomic E-state index is 11.7. The Bertz CT molecular complexity index is 457. The van der Waals surface area contributed by atoms with Crippen LogP contribution in [0.25, 0.3) is 0 Å². The smallest absolute Gasteiger partial charge is 0.309 e. The summed E-state index contributed by atoms with van der Waals surface area (Å²) in [5.41, 5.74) is 7.65. The van der Waals surface area contributed by atoms with Crippen LogP contribution in [-0.4, -0.2) is 25.7 Å². The van der Waals surface area contributed by atoms with Gasteiger partial charge in [0.05, 0.1) is 23.9 Å². The molecular weight excluding hydrogens is 264 g/mol. The molecule has 0 saturated carbocycles. The average molecular weight is 283 g/mol. The molecule has 0 radical (unpaired) electrons. The highest BCUT2D eigenvalue weighted by Gasteiger charge is 2.26. The van der Waals surface area contributed by atoms with Gasteiger partial charge in [-0.1, -0.05) is 11.6 Å². The first-order valence-corrected chi connectivity index (χ1v) is 6.96. The Morgan fingerprint density at radius 3 is 2.74 bits per heavy atom. The highest BCUT2D eigenvalue weighted by Crippen LogP contribution is 2.30. The van der Waals surface area contributed by atoms with Gasteiger partial charge in [0, 0.05) is 18.1 Å². The second-order valence-corrected chi connectivity index (χ2v) is 5.15. The number of hydrogen-bond donors (Lipinski definition) is 1. The summed E-state index contributed by atoms with van der Waals surface area (Å²) in [4.78, 5) is 13.9. The fourth-order valence-corrected chi connectivity index (χ4v) is 2.61. The molecule has 1 aromatic carbocycles. The van der Waals surface area contributed by atoms with Crippen molar-refractivity contribution in [3.05, 3.63) is 23.2 Å². The van der Waals surface area contributed by atoms with Crippen LogP contribution in [0.15, 0.2) is 18.2 Å². The molecule has 1 aliphatic heterocycles. The number of anilines is 2. The number of rotatable bonds is 3. The van der Waals surface area contributed by atoms with Gasteiger partial charge in [0.1, 0.15) is 0 Å². The van der Waals surface area contributed by atoms with Crippen molar-refractivity contribution in [3.8, 4) is 0 Å². The number of benzene rings is 1. The second-order valence-electron chi connectivity index (χ2n) is 4.72. The van der Waals surface area contributed by atoms with Crippen LogP contribution in [0.5, 0.6) is 0 Å². The molecule has 104 valence electrons. The lowest BCUT2D eigenvalue weighted by atomic mass is 9.96. The minimum absolute atomic E-state index is 0.0183. The Balaban J connectivity index is 1.98. The zero-order valence-corrected chi connectivity index (χ0v) is 11.8. The largest absolute Gasteiger partial charge is 0.466 e. The number of ether oxygens (including phenoxy) is 1. The monoisotopic (exact) mass is 282 g/mol. The van der Waals surface area contributed by atoms with Crippen LogP contribution in [0, 0.1) is 5.92 Å². The van der Waals surface area contributed by atoms with E-state index in [1.807, 2.05) is 19.1 Å². The molecule has 0 spiro atoms. The van der Waals surface area contributed by atoms with Gasteiger partial charge in [-0.3, -0.25) is 4.79 Å². The molecule has 1 aromatic rings. The number of hydrogen-bond acceptors (Lipinski definition) is 4. The first kappa shape index (κ1) is 14.0. The predicted molar refractivity (Wildman–Crippen MR) is 77.4 cm³/mol. The first-order valence-electron chi connectivity index (χ1n) is 6.58. The van der Waals surface area contributed by atoms with Gasteiger partial charge < -0.3 is 15.4 Å². The first-order chi connectivity index (χ1) is 9.11. The Morgan fingerprint density at radius 1 is 1.47 bits per heavy atom. The zero-order chi connectivity index (χ0) is 13.8. The minimum Gasteiger partial charge on any atom is -0.466 e. The van der Waals surface area contributed by atoms with Crippen molar-refractivity contribution >= 4 is 28.9 Å². The maximum Gasteiger partial charge on any atom is 0.309 e. The Kier molecular flexibility index (Phi) is 4.53. The SMILES string of the molecule is CCOC(=O)C1CCN(c2ccc(Cl)cc2N)CC1. The van der Waals surface area contributed by atoms with Gasteiger partial charge >= 0.3 is 5.97 Å². The van der Waals surface area contributed by atoms with Crippen LogP contribution in [0.2, 0.25) is 5.02 Å². The molecule has 0 unspecified atom stereocenters. The highest BCUT2D eigenvalue weighted by atomic mass is 35.5. The number of esters is 1. The van der Waals surface area contributed by atoms with Gasteiger partial charge in [-0.2, -0.15) is 0 Å². The van der Waals surface area contributed by atoms with E-state index < -0.39 is 0 Å². The van der Waals surface area contributed by atoms with E-state index in [2.05, 4.69) is 4.90 Å². The van der Waals surface area contributed by atoms with Crippen LogP contribution >= 0.6 is 11.6 Å². The van der Waals surface area contributed by atoms with E-state index in [1.54, 1.807) is 6.07 Å². The third-order valence-electron chi connectivity index (χ3n) is 3.45. The summed E-state index contributed by atoms with van der Waals surface area (Å²) >= 11 is 5.90. The quantitative estimate of drug-likeness (QED) is 0.684. The van der Waals surface area contributed by atoms with Crippen molar-refractivity contribution in [2.45, 2.75) is 19.8 Å². The molecule has 0 aromatic heterocycles. The zero-order valence-electron chi connectivity index (χ0n) is 11.1. The maximum absolute atomic E-state index is 11.7. The number of piperidine rings is 1. The molecule has 19 heavy (non-hydrogen) atoms. The topological polar surface area (TPSA) is 55.6 Å². The molecule has 2 rings (SSSR count).